The van der Waals surface area contributed by atoms with E-state index >= 15 is 0 Å². The van der Waals surface area contributed by atoms with Crippen LogP contribution < -0.4 is 15.6 Å². The van der Waals surface area contributed by atoms with Crippen LogP contribution in [0.3, 0.4) is 0 Å². The molecule has 0 unspecified atom stereocenters. The zero-order valence-corrected chi connectivity index (χ0v) is 19.2. The van der Waals surface area contributed by atoms with Gasteiger partial charge in [0.25, 0.3) is 11.7 Å². The Balaban J connectivity index is 1.62. The highest BCUT2D eigenvalue weighted by Crippen LogP contribution is 2.21. The SMILES string of the molecule is C[C@H](NC(=O)c1nccnc1N)c1[nH]c2cccc(C#Cc3cnn(C)c3)c2[n+]1-c1ccccc1. The first-order valence-electron chi connectivity index (χ1n) is 11.0. The number of hydrogen-bond acceptors (Lipinski definition) is 5. The second-order valence-electron chi connectivity index (χ2n) is 8.02. The smallest absolute Gasteiger partial charge is 0.283 e. The van der Waals surface area contributed by atoms with Gasteiger partial charge in [0.1, 0.15) is 11.7 Å². The number of para-hydroxylation sites is 2. The third-order valence-corrected chi connectivity index (χ3v) is 5.52. The van der Waals surface area contributed by atoms with Crippen molar-refractivity contribution in [2.75, 3.05) is 5.73 Å². The number of rotatable bonds is 4. The summed E-state index contributed by atoms with van der Waals surface area (Å²) in [6, 6.07) is 15.4. The van der Waals surface area contributed by atoms with Crippen LogP contribution in [0.5, 0.6) is 0 Å². The van der Waals surface area contributed by atoms with Gasteiger partial charge in [-0.15, -0.1) is 0 Å². The summed E-state index contributed by atoms with van der Waals surface area (Å²) in [5.74, 6) is 6.93. The minimum absolute atomic E-state index is 0.0812. The Kier molecular flexibility index (Phi) is 5.69. The molecule has 5 rings (SSSR count). The maximum absolute atomic E-state index is 12.9. The second kappa shape index (κ2) is 9.11. The third kappa shape index (κ3) is 4.32. The average molecular weight is 464 g/mol. The molecule has 0 radical (unpaired) electrons. The van der Waals surface area contributed by atoms with Crippen molar-refractivity contribution in [1.82, 2.24) is 30.0 Å². The molecule has 0 saturated heterocycles. The number of H-pyrrole nitrogens is 1. The monoisotopic (exact) mass is 463 g/mol. The van der Waals surface area contributed by atoms with E-state index in [1.54, 1.807) is 10.9 Å². The predicted octanol–water partition coefficient (Wildman–Crippen LogP) is 2.44. The van der Waals surface area contributed by atoms with Crippen molar-refractivity contribution in [2.24, 2.45) is 7.05 Å². The molecular formula is C26H23N8O+. The number of nitrogens with zero attached hydrogens (tertiary/aromatic N) is 5. The van der Waals surface area contributed by atoms with Gasteiger partial charge in [-0.05, 0) is 31.2 Å². The van der Waals surface area contributed by atoms with E-state index in [1.807, 2.05) is 68.7 Å². The van der Waals surface area contributed by atoms with E-state index in [1.165, 1.54) is 12.4 Å². The van der Waals surface area contributed by atoms with E-state index in [4.69, 9.17) is 5.73 Å². The van der Waals surface area contributed by atoms with E-state index in [0.717, 1.165) is 33.7 Å². The minimum atomic E-state index is -0.407. The molecule has 1 atom stereocenters. The van der Waals surface area contributed by atoms with Gasteiger partial charge in [-0.1, -0.05) is 36.1 Å². The predicted molar refractivity (Wildman–Crippen MR) is 131 cm³/mol. The lowest BCUT2D eigenvalue weighted by atomic mass is 10.1. The quantitative estimate of drug-likeness (QED) is 0.279. The molecule has 3 heterocycles. The third-order valence-electron chi connectivity index (χ3n) is 5.52. The number of nitrogens with one attached hydrogen (secondary N) is 2. The highest BCUT2D eigenvalue weighted by Gasteiger charge is 2.29. The van der Waals surface area contributed by atoms with Crippen molar-refractivity contribution >= 4 is 22.8 Å². The number of carbonyl (C=O) groups excluding carboxylic acids is 1. The first-order valence-corrected chi connectivity index (χ1v) is 11.0. The number of amides is 1. The number of aromatic nitrogens is 6. The number of hydrogen-bond donors (Lipinski definition) is 3. The second-order valence-corrected chi connectivity index (χ2v) is 8.02. The summed E-state index contributed by atoms with van der Waals surface area (Å²) in [6.45, 7) is 1.90. The van der Waals surface area contributed by atoms with E-state index in [-0.39, 0.29) is 11.5 Å². The molecule has 35 heavy (non-hydrogen) atoms. The van der Waals surface area contributed by atoms with Crippen LogP contribution in [0.15, 0.2) is 73.3 Å². The molecule has 172 valence electrons. The average Bonchev–Trinajstić information content (AvgIpc) is 3.47. The Morgan fingerprint density at radius 2 is 1.91 bits per heavy atom. The van der Waals surface area contributed by atoms with Gasteiger partial charge in [0.2, 0.25) is 0 Å². The van der Waals surface area contributed by atoms with Gasteiger partial charge >= 0.3 is 0 Å². The highest BCUT2D eigenvalue weighted by molar-refractivity contribution is 5.96. The largest absolute Gasteiger partial charge is 0.382 e. The minimum Gasteiger partial charge on any atom is -0.382 e. The summed E-state index contributed by atoms with van der Waals surface area (Å²) < 4.78 is 3.80. The standard InChI is InChI=1S/C26H22N8O/c1-17(31-26(35)22-24(27)29-14-13-28-22)25-32-21-10-6-7-19(12-11-18-15-30-33(2)16-18)23(21)34(25)20-8-4-3-5-9-20/h3-10,13-17H,1-2H3,(H3,27,29,31,35)/p+1/t17-/m0/s1. The van der Waals surface area contributed by atoms with Crippen molar-refractivity contribution in [3.8, 4) is 17.5 Å². The lowest BCUT2D eigenvalue weighted by molar-refractivity contribution is -0.578. The van der Waals surface area contributed by atoms with Gasteiger partial charge in [-0.3, -0.25) is 9.48 Å². The number of imidazole rings is 1. The molecule has 0 aliphatic carbocycles. The van der Waals surface area contributed by atoms with Gasteiger partial charge in [0.15, 0.2) is 22.5 Å². The number of fused-ring (bicyclic) bond motifs is 1. The van der Waals surface area contributed by atoms with Crippen molar-refractivity contribution in [1.29, 1.82) is 0 Å². The summed E-state index contributed by atoms with van der Waals surface area (Å²) in [5, 5.41) is 7.17. The number of aryl methyl sites for hydroxylation is 1. The summed E-state index contributed by atoms with van der Waals surface area (Å²) in [6.07, 6.45) is 6.49. The zero-order valence-electron chi connectivity index (χ0n) is 19.2. The van der Waals surface area contributed by atoms with Crippen LogP contribution in [-0.2, 0) is 7.05 Å². The molecule has 1 amide bonds. The number of anilines is 1. The molecule has 9 nitrogen and oxygen atoms in total. The molecule has 3 aromatic heterocycles. The van der Waals surface area contributed by atoms with Gasteiger partial charge in [0, 0.05) is 25.6 Å². The van der Waals surface area contributed by atoms with Crippen molar-refractivity contribution in [3.05, 3.63) is 96.0 Å². The number of nitrogen functional groups attached to an aromatic ring is 1. The summed E-state index contributed by atoms with van der Waals surface area (Å²) >= 11 is 0. The lowest BCUT2D eigenvalue weighted by Crippen LogP contribution is -2.40. The van der Waals surface area contributed by atoms with Gasteiger partial charge in [-0.2, -0.15) is 9.67 Å². The van der Waals surface area contributed by atoms with Crippen LogP contribution in [-0.4, -0.2) is 30.6 Å². The highest BCUT2D eigenvalue weighted by atomic mass is 16.2. The van der Waals surface area contributed by atoms with Crippen LogP contribution in [0.4, 0.5) is 5.82 Å². The Labute approximate surface area is 201 Å². The lowest BCUT2D eigenvalue weighted by Gasteiger charge is -2.12. The van der Waals surface area contributed by atoms with Gasteiger partial charge in [-0.25, -0.2) is 15.0 Å². The van der Waals surface area contributed by atoms with E-state index in [9.17, 15) is 4.79 Å². The molecule has 0 saturated carbocycles. The number of carbonyl (C=O) groups is 1. The first kappa shape index (κ1) is 21.9. The number of benzene rings is 2. The van der Waals surface area contributed by atoms with Crippen LogP contribution in [0.2, 0.25) is 0 Å². The van der Waals surface area contributed by atoms with E-state index in [0.29, 0.717) is 0 Å². The van der Waals surface area contributed by atoms with Crippen molar-refractivity contribution < 1.29 is 9.36 Å². The van der Waals surface area contributed by atoms with Crippen molar-refractivity contribution in [2.45, 2.75) is 13.0 Å². The number of aromatic amines is 1. The normalized spacial score (nSPS) is 11.6. The fraction of sp³-hybridized carbons (Fsp3) is 0.115. The molecule has 2 aromatic carbocycles. The van der Waals surface area contributed by atoms with Gasteiger partial charge in [0.05, 0.1) is 17.3 Å². The first-order chi connectivity index (χ1) is 17.0. The summed E-state index contributed by atoms with van der Waals surface area (Å²) in [4.78, 5) is 24.4. The fourth-order valence-electron chi connectivity index (χ4n) is 3.93. The molecule has 4 N–H and O–H groups in total. The molecule has 0 bridgehead atoms. The topological polar surface area (TPSA) is 118 Å². The zero-order chi connectivity index (χ0) is 24.4. The molecule has 0 aliphatic rings. The summed E-state index contributed by atoms with van der Waals surface area (Å²) in [5.41, 5.74) is 10.3. The fourth-order valence-corrected chi connectivity index (χ4v) is 3.93. The maximum Gasteiger partial charge on any atom is 0.283 e. The molecule has 0 aliphatic heterocycles. The molecule has 9 heteroatoms. The van der Waals surface area contributed by atoms with Crippen molar-refractivity contribution in [3.63, 3.8) is 0 Å². The van der Waals surface area contributed by atoms with Gasteiger partial charge < -0.3 is 11.1 Å². The van der Waals surface area contributed by atoms with E-state index < -0.39 is 11.9 Å². The molecular weight excluding hydrogens is 440 g/mol. The van der Waals surface area contributed by atoms with E-state index in [2.05, 4.69) is 41.8 Å². The van der Waals surface area contributed by atoms with Crippen LogP contribution in [0.25, 0.3) is 16.7 Å². The van der Waals surface area contributed by atoms with Crippen LogP contribution >= 0.6 is 0 Å². The molecule has 5 aromatic rings. The summed E-state index contributed by atoms with van der Waals surface area (Å²) in [7, 11) is 1.86. The molecule has 0 fully saturated rings. The molecule has 0 spiro atoms. The Hall–Kier alpha value is -4.97. The van der Waals surface area contributed by atoms with Crippen LogP contribution in [0.1, 0.15) is 40.4 Å². The Morgan fingerprint density at radius 3 is 2.66 bits per heavy atom. The Morgan fingerprint density at radius 1 is 1.11 bits per heavy atom. The maximum atomic E-state index is 12.9. The van der Waals surface area contributed by atoms with Crippen LogP contribution in [0, 0.1) is 11.8 Å². The Bertz CT molecular complexity index is 1590. The number of nitrogens with two attached hydrogens (primary N) is 1.